The fourth-order valence-corrected chi connectivity index (χ4v) is 3.69. The Morgan fingerprint density at radius 3 is 2.68 bits per heavy atom. The molecule has 4 rings (SSSR count). The molecule has 1 atom stereocenters. The van der Waals surface area contributed by atoms with E-state index in [-0.39, 0.29) is 11.8 Å². The van der Waals surface area contributed by atoms with E-state index < -0.39 is 0 Å². The number of carbonyl (C=O) groups is 1. The van der Waals surface area contributed by atoms with Crippen molar-refractivity contribution in [2.75, 3.05) is 0 Å². The Morgan fingerprint density at radius 2 is 2.00 bits per heavy atom. The van der Waals surface area contributed by atoms with Crippen LogP contribution in [0.4, 0.5) is 0 Å². The molecule has 1 aliphatic carbocycles. The second-order valence-corrected chi connectivity index (χ2v) is 6.99. The van der Waals surface area contributed by atoms with Gasteiger partial charge in [0, 0.05) is 23.6 Å². The maximum atomic E-state index is 13.5. The van der Waals surface area contributed by atoms with Crippen LogP contribution in [0.3, 0.4) is 0 Å². The van der Waals surface area contributed by atoms with E-state index in [1.54, 1.807) is 0 Å². The molecule has 0 aliphatic heterocycles. The van der Waals surface area contributed by atoms with Crippen molar-refractivity contribution < 1.29 is 4.79 Å². The molecule has 1 aliphatic rings. The summed E-state index contributed by atoms with van der Waals surface area (Å²) in [6.07, 6.45) is 13.8. The fourth-order valence-electron chi connectivity index (χ4n) is 3.69. The zero-order valence-corrected chi connectivity index (χ0v) is 18.5. The molecule has 2 aromatic heterocycles. The maximum Gasteiger partial charge on any atom is 0.262 e. The van der Waals surface area contributed by atoms with Gasteiger partial charge in [-0.25, -0.2) is 0 Å². The lowest BCUT2D eigenvalue weighted by Crippen LogP contribution is -2.16. The first-order valence-electron chi connectivity index (χ1n) is 10.8. The summed E-state index contributed by atoms with van der Waals surface area (Å²) in [6, 6.07) is 9.42. The maximum absolute atomic E-state index is 13.5. The van der Waals surface area contributed by atoms with Gasteiger partial charge >= 0.3 is 0 Å². The number of hydrogen-bond donors (Lipinski definition) is 1. The van der Waals surface area contributed by atoms with Crippen LogP contribution in [0.5, 0.6) is 0 Å². The van der Waals surface area contributed by atoms with Crippen LogP contribution in [0.2, 0.25) is 0 Å². The first kappa shape index (κ1) is 22.2. The van der Waals surface area contributed by atoms with Crippen molar-refractivity contribution in [1.82, 2.24) is 25.2 Å². The number of nitrogens with zero attached hydrogens (tertiary/aromatic N) is 4. The van der Waals surface area contributed by atoms with Crippen LogP contribution in [-0.2, 0) is 12.8 Å². The van der Waals surface area contributed by atoms with E-state index in [1.165, 1.54) is 5.56 Å². The van der Waals surface area contributed by atoms with Crippen LogP contribution in [0, 0.1) is 0 Å². The Kier molecular flexibility index (Phi) is 7.49. The van der Waals surface area contributed by atoms with Gasteiger partial charge in [0.15, 0.2) is 5.82 Å². The Balaban J connectivity index is 0.00000132. The van der Waals surface area contributed by atoms with Gasteiger partial charge in [0.25, 0.3) is 5.91 Å². The van der Waals surface area contributed by atoms with Crippen molar-refractivity contribution in [1.29, 1.82) is 0 Å². The molecule has 0 radical (unpaired) electrons. The normalized spacial score (nSPS) is 13.4. The van der Waals surface area contributed by atoms with Gasteiger partial charge in [-0.3, -0.25) is 9.36 Å². The molecule has 1 unspecified atom stereocenters. The van der Waals surface area contributed by atoms with Gasteiger partial charge in [0.05, 0.1) is 5.69 Å². The number of hydrogen-bond acceptors (Lipinski definition) is 4. The highest BCUT2D eigenvalue weighted by molar-refractivity contribution is 5.99. The summed E-state index contributed by atoms with van der Waals surface area (Å²) in [5.74, 6) is 0.581. The summed E-state index contributed by atoms with van der Waals surface area (Å²) < 4.78 is 1.86. The van der Waals surface area contributed by atoms with E-state index in [0.717, 1.165) is 23.4 Å². The third-order valence-electron chi connectivity index (χ3n) is 5.17. The quantitative estimate of drug-likeness (QED) is 0.620. The third kappa shape index (κ3) is 4.63. The van der Waals surface area contributed by atoms with Crippen LogP contribution in [0.25, 0.3) is 12.2 Å². The molecule has 1 aromatic carbocycles. The smallest absolute Gasteiger partial charge is 0.262 e. The van der Waals surface area contributed by atoms with Gasteiger partial charge in [-0.1, -0.05) is 81.5 Å². The number of tetrazole rings is 1. The van der Waals surface area contributed by atoms with Crippen LogP contribution in [0.15, 0.2) is 54.6 Å². The lowest BCUT2D eigenvalue weighted by Gasteiger charge is -2.11. The molecule has 0 fully saturated rings. The average Bonchev–Trinajstić information content (AvgIpc) is 3.39. The van der Waals surface area contributed by atoms with Gasteiger partial charge in [0.2, 0.25) is 0 Å². The van der Waals surface area contributed by atoms with Gasteiger partial charge in [-0.05, 0) is 35.8 Å². The molecule has 3 aromatic rings. The van der Waals surface area contributed by atoms with Gasteiger partial charge < -0.3 is 0 Å². The Labute approximate surface area is 183 Å². The molecule has 0 amide bonds. The zero-order valence-electron chi connectivity index (χ0n) is 18.5. The Bertz CT molecular complexity index is 1090. The molecule has 0 saturated carbocycles. The lowest BCUT2D eigenvalue weighted by atomic mass is 10.0. The van der Waals surface area contributed by atoms with Crippen molar-refractivity contribution >= 4 is 18.1 Å². The van der Waals surface area contributed by atoms with Crippen LogP contribution >= 0.6 is 0 Å². The van der Waals surface area contributed by atoms with E-state index in [1.807, 2.05) is 80.0 Å². The number of aromatic amines is 1. The average molecular weight is 416 g/mol. The van der Waals surface area contributed by atoms with Crippen molar-refractivity contribution in [3.63, 3.8) is 0 Å². The number of allylic oxidation sites excluding steroid dienone is 4. The fraction of sp³-hybridized carbons (Fsp3) is 0.280. The van der Waals surface area contributed by atoms with Crippen molar-refractivity contribution in [2.45, 2.75) is 46.5 Å². The Morgan fingerprint density at radius 1 is 1.23 bits per heavy atom. The van der Waals surface area contributed by atoms with E-state index >= 15 is 0 Å². The minimum Gasteiger partial charge on any atom is -0.280 e. The molecule has 2 heterocycles. The number of benzene rings is 1. The predicted molar refractivity (Wildman–Crippen MR) is 125 cm³/mol. The van der Waals surface area contributed by atoms with Gasteiger partial charge in [-0.2, -0.15) is 5.21 Å². The molecule has 0 saturated heterocycles. The van der Waals surface area contributed by atoms with E-state index in [4.69, 9.17) is 0 Å². The second-order valence-electron chi connectivity index (χ2n) is 6.99. The zero-order chi connectivity index (χ0) is 22.2. The molecule has 6 nitrogen and oxygen atoms in total. The number of fused-ring (bicyclic) bond motifs is 1. The highest BCUT2D eigenvalue weighted by Gasteiger charge is 2.24. The molecule has 0 bridgehead atoms. The van der Waals surface area contributed by atoms with Gasteiger partial charge in [0.1, 0.15) is 0 Å². The predicted octanol–water partition coefficient (Wildman–Crippen LogP) is 5.22. The summed E-state index contributed by atoms with van der Waals surface area (Å²) in [7, 11) is 0. The van der Waals surface area contributed by atoms with Crippen LogP contribution in [0.1, 0.15) is 72.3 Å². The molecular formula is C25H29N5O. The minimum atomic E-state index is -0.0242. The molecule has 1 N–H and O–H groups in total. The van der Waals surface area contributed by atoms with Crippen molar-refractivity contribution in [2.24, 2.45) is 0 Å². The molecule has 6 heteroatoms. The first-order valence-corrected chi connectivity index (χ1v) is 10.8. The highest BCUT2D eigenvalue weighted by atomic mass is 16.2. The van der Waals surface area contributed by atoms with E-state index in [2.05, 4.69) is 39.7 Å². The standard InChI is InChI=1S/C23H23N5O.C2H6/c1-3-18-19-12-8-5-9-13-20(19)28(23(29)17-10-6-4-7-11-17)21(18)15-14-16(2)22-24-26-27-25-22;1-2/h4-12,14-16H,3,13H2,1-2H3,(H,24,25,26,27);1-2H3/b15-14-;. The minimum absolute atomic E-state index is 0.0166. The second kappa shape index (κ2) is 10.5. The molecule has 160 valence electrons. The number of rotatable bonds is 5. The van der Waals surface area contributed by atoms with Gasteiger partial charge in [-0.15, -0.1) is 10.2 Å². The third-order valence-corrected chi connectivity index (χ3v) is 5.17. The number of H-pyrrole nitrogens is 1. The van der Waals surface area contributed by atoms with E-state index in [9.17, 15) is 4.79 Å². The van der Waals surface area contributed by atoms with E-state index in [0.29, 0.717) is 17.8 Å². The topological polar surface area (TPSA) is 76.5 Å². The molecule has 31 heavy (non-hydrogen) atoms. The lowest BCUT2D eigenvalue weighted by molar-refractivity contribution is 0.0957. The molecular weight excluding hydrogens is 386 g/mol. The molecule has 0 spiro atoms. The number of nitrogens with one attached hydrogen (secondary N) is 1. The summed E-state index contributed by atoms with van der Waals surface area (Å²) in [4.78, 5) is 13.5. The highest BCUT2D eigenvalue weighted by Crippen LogP contribution is 2.30. The summed E-state index contributed by atoms with van der Waals surface area (Å²) in [5, 5.41) is 14.2. The van der Waals surface area contributed by atoms with Crippen LogP contribution in [-0.4, -0.2) is 31.1 Å². The number of aromatic nitrogens is 5. The Hall–Kier alpha value is -3.54. The number of carbonyl (C=O) groups excluding carboxylic acids is 1. The van der Waals surface area contributed by atoms with Crippen molar-refractivity contribution in [3.8, 4) is 0 Å². The monoisotopic (exact) mass is 415 g/mol. The van der Waals surface area contributed by atoms with Crippen molar-refractivity contribution in [3.05, 3.63) is 88.5 Å². The summed E-state index contributed by atoms with van der Waals surface area (Å²) in [6.45, 7) is 8.13. The largest absolute Gasteiger partial charge is 0.280 e. The van der Waals surface area contributed by atoms with Crippen LogP contribution < -0.4 is 0 Å². The summed E-state index contributed by atoms with van der Waals surface area (Å²) >= 11 is 0. The SMILES string of the molecule is CC.CCc1c2c(n(C(=O)c3ccccc3)c1/C=C\C(C)c1nn[nH]n1)CC=CC=C2. The first-order chi connectivity index (χ1) is 15.2. The summed E-state index contributed by atoms with van der Waals surface area (Å²) in [5.41, 5.74) is 4.91.